The minimum absolute atomic E-state index is 0.212. The average molecular weight is 654 g/mol. The maximum absolute atomic E-state index is 13.0. The van der Waals surface area contributed by atoms with Crippen LogP contribution in [0.5, 0.6) is 5.75 Å². The Hall–Kier alpha value is -3.31. The Morgan fingerprint density at radius 1 is 0.974 bits per heavy atom. The Balaban J connectivity index is 1.17. The van der Waals surface area contributed by atoms with Gasteiger partial charge < -0.3 is 14.5 Å². The van der Waals surface area contributed by atoms with E-state index in [2.05, 4.69) is 45.7 Å². The van der Waals surface area contributed by atoms with E-state index < -0.39 is 11.1 Å². The fraction of sp³-hybridized carbons (Fsp3) is 0.233. The summed E-state index contributed by atoms with van der Waals surface area (Å²) in [4.78, 5) is 43.9. The lowest BCUT2D eigenvalue weighted by molar-refractivity contribution is -0.136. The van der Waals surface area contributed by atoms with E-state index in [4.69, 9.17) is 4.74 Å². The van der Waals surface area contributed by atoms with Gasteiger partial charge in [-0.05, 0) is 82.7 Å². The number of ether oxygens (including phenoxy) is 1. The van der Waals surface area contributed by atoms with Gasteiger partial charge in [0, 0.05) is 31.9 Å². The van der Waals surface area contributed by atoms with Crippen LogP contribution in [-0.4, -0.2) is 59.6 Å². The highest BCUT2D eigenvalue weighted by Gasteiger charge is 2.37. The van der Waals surface area contributed by atoms with Gasteiger partial charge in [0.15, 0.2) is 0 Å². The molecule has 5 rings (SSSR count). The molecule has 0 radical (unpaired) electrons. The first-order valence-electron chi connectivity index (χ1n) is 12.7. The number of hydrogen-bond donors (Lipinski definition) is 0. The molecule has 0 unspecified atom stereocenters. The Morgan fingerprint density at radius 2 is 1.74 bits per heavy atom. The second-order valence-corrected chi connectivity index (χ2v) is 11.6. The Morgan fingerprint density at radius 3 is 2.46 bits per heavy atom. The number of carbonyl (C=O) groups excluding carboxylic acids is 3. The van der Waals surface area contributed by atoms with E-state index in [1.165, 1.54) is 5.56 Å². The summed E-state index contributed by atoms with van der Waals surface area (Å²) >= 11 is 3.07. The van der Waals surface area contributed by atoms with Crippen LogP contribution in [0.3, 0.4) is 0 Å². The van der Waals surface area contributed by atoms with Gasteiger partial charge in [0.2, 0.25) is 5.91 Å². The van der Waals surface area contributed by atoms with Gasteiger partial charge in [0.1, 0.15) is 18.9 Å². The van der Waals surface area contributed by atoms with Gasteiger partial charge in [0.25, 0.3) is 11.1 Å². The van der Waals surface area contributed by atoms with E-state index in [0.717, 1.165) is 42.8 Å². The Bertz CT molecular complexity index is 1420. The average Bonchev–Trinajstić information content (AvgIpc) is 3.20. The number of para-hydroxylation sites is 1. The molecule has 0 aliphatic carbocycles. The van der Waals surface area contributed by atoms with E-state index in [0.29, 0.717) is 37.7 Å². The molecule has 0 saturated carbocycles. The summed E-state index contributed by atoms with van der Waals surface area (Å²) in [5.74, 6) is 0.104. The van der Waals surface area contributed by atoms with Crippen molar-refractivity contribution in [2.24, 2.45) is 0 Å². The molecule has 9 heteroatoms. The molecule has 39 heavy (non-hydrogen) atoms. The summed E-state index contributed by atoms with van der Waals surface area (Å²) in [5.41, 5.74) is 4.19. The third-order valence-corrected chi connectivity index (χ3v) is 8.40. The molecule has 0 aromatic heterocycles. The van der Waals surface area contributed by atoms with Gasteiger partial charge in [-0.2, -0.15) is 0 Å². The molecule has 2 heterocycles. The van der Waals surface area contributed by atoms with Crippen LogP contribution in [0.25, 0.3) is 6.08 Å². The van der Waals surface area contributed by atoms with Crippen LogP contribution >= 0.6 is 34.4 Å². The van der Waals surface area contributed by atoms with Crippen LogP contribution < -0.4 is 9.64 Å². The summed E-state index contributed by atoms with van der Waals surface area (Å²) < 4.78 is 6.88. The highest BCUT2D eigenvalue weighted by molar-refractivity contribution is 14.1. The molecule has 2 aliphatic rings. The SMILES string of the molecule is Cc1cccc(COc2ccc(/C=C3/SC(=O)N(CC(=O)N4CCN(c5ccccc5)CC4)C3=O)cc2I)c1. The van der Waals surface area contributed by atoms with Gasteiger partial charge in [-0.1, -0.05) is 54.1 Å². The molecular weight excluding hydrogens is 625 g/mol. The lowest BCUT2D eigenvalue weighted by atomic mass is 10.1. The number of rotatable bonds is 7. The quantitative estimate of drug-likeness (QED) is 0.246. The number of carbonyl (C=O) groups is 3. The number of thioether (sulfide) groups is 1. The van der Waals surface area contributed by atoms with E-state index in [1.807, 2.05) is 61.5 Å². The predicted octanol–water partition coefficient (Wildman–Crippen LogP) is 5.56. The minimum atomic E-state index is -0.434. The third kappa shape index (κ3) is 6.65. The number of halogens is 1. The van der Waals surface area contributed by atoms with Crippen molar-refractivity contribution in [1.82, 2.24) is 9.80 Å². The lowest BCUT2D eigenvalue weighted by Gasteiger charge is -2.36. The molecular formula is C30H28IN3O4S. The van der Waals surface area contributed by atoms with Gasteiger partial charge >= 0.3 is 0 Å². The zero-order valence-electron chi connectivity index (χ0n) is 21.5. The highest BCUT2D eigenvalue weighted by Crippen LogP contribution is 2.33. The van der Waals surface area contributed by atoms with Crippen molar-refractivity contribution < 1.29 is 19.1 Å². The molecule has 3 aromatic rings. The number of amides is 3. The lowest BCUT2D eigenvalue weighted by Crippen LogP contribution is -2.51. The fourth-order valence-corrected chi connectivity index (χ4v) is 6.10. The van der Waals surface area contributed by atoms with Crippen LogP contribution in [0.4, 0.5) is 10.5 Å². The summed E-state index contributed by atoms with van der Waals surface area (Å²) in [5, 5.41) is -0.421. The summed E-state index contributed by atoms with van der Waals surface area (Å²) in [6, 6.07) is 23.9. The molecule has 3 aromatic carbocycles. The van der Waals surface area contributed by atoms with E-state index in [1.54, 1.807) is 11.0 Å². The molecule has 0 atom stereocenters. The summed E-state index contributed by atoms with van der Waals surface area (Å²) in [7, 11) is 0. The second kappa shape index (κ2) is 12.3. The number of piperazine rings is 1. The Labute approximate surface area is 245 Å². The van der Waals surface area contributed by atoms with Crippen molar-refractivity contribution in [3.63, 3.8) is 0 Å². The smallest absolute Gasteiger partial charge is 0.294 e. The molecule has 2 aliphatic heterocycles. The van der Waals surface area contributed by atoms with Gasteiger partial charge in [-0.15, -0.1) is 0 Å². The topological polar surface area (TPSA) is 70.2 Å². The van der Waals surface area contributed by atoms with Crippen LogP contribution in [-0.2, 0) is 16.2 Å². The van der Waals surface area contributed by atoms with Gasteiger partial charge in [0.05, 0.1) is 8.48 Å². The standard InChI is InChI=1S/C30H28IN3O4S/c1-21-6-5-7-23(16-21)20-38-26-11-10-22(17-25(26)31)18-27-29(36)34(30(37)39-27)19-28(35)33-14-12-32(13-15-33)24-8-3-2-4-9-24/h2-11,16-18H,12-15,19-20H2,1H3/b27-18+. The van der Waals surface area contributed by atoms with E-state index >= 15 is 0 Å². The summed E-state index contributed by atoms with van der Waals surface area (Å²) in [6.07, 6.45) is 1.69. The van der Waals surface area contributed by atoms with Crippen LogP contribution in [0, 0.1) is 10.5 Å². The number of nitrogens with zero attached hydrogens (tertiary/aromatic N) is 3. The van der Waals surface area contributed by atoms with E-state index in [9.17, 15) is 14.4 Å². The van der Waals surface area contributed by atoms with Crippen molar-refractivity contribution in [2.45, 2.75) is 13.5 Å². The van der Waals surface area contributed by atoms with Gasteiger partial charge in [-0.3, -0.25) is 19.3 Å². The first kappa shape index (κ1) is 27.3. The first-order valence-corrected chi connectivity index (χ1v) is 14.6. The molecule has 3 amide bonds. The largest absolute Gasteiger partial charge is 0.488 e. The molecule has 0 N–H and O–H groups in total. The fourth-order valence-electron chi connectivity index (χ4n) is 4.56. The number of aryl methyl sites for hydroxylation is 1. The minimum Gasteiger partial charge on any atom is -0.488 e. The highest BCUT2D eigenvalue weighted by atomic mass is 127. The second-order valence-electron chi connectivity index (χ2n) is 9.44. The molecule has 200 valence electrons. The van der Waals surface area contributed by atoms with Crippen LogP contribution in [0.15, 0.2) is 77.7 Å². The third-order valence-electron chi connectivity index (χ3n) is 6.65. The molecule has 0 spiro atoms. The number of imide groups is 1. The Kier molecular flexibility index (Phi) is 8.56. The maximum Gasteiger partial charge on any atom is 0.294 e. The van der Waals surface area contributed by atoms with Crippen molar-refractivity contribution in [3.05, 3.63) is 98.0 Å². The van der Waals surface area contributed by atoms with Gasteiger partial charge in [-0.25, -0.2) is 0 Å². The van der Waals surface area contributed by atoms with Crippen LogP contribution in [0.2, 0.25) is 0 Å². The predicted molar refractivity (Wildman–Crippen MR) is 163 cm³/mol. The molecule has 2 fully saturated rings. The van der Waals surface area contributed by atoms with Crippen molar-refractivity contribution in [1.29, 1.82) is 0 Å². The van der Waals surface area contributed by atoms with Crippen molar-refractivity contribution in [3.8, 4) is 5.75 Å². The number of benzene rings is 3. The molecule has 7 nitrogen and oxygen atoms in total. The zero-order chi connectivity index (χ0) is 27.4. The zero-order valence-corrected chi connectivity index (χ0v) is 24.5. The number of anilines is 1. The van der Waals surface area contributed by atoms with Crippen LogP contribution in [0.1, 0.15) is 16.7 Å². The summed E-state index contributed by atoms with van der Waals surface area (Å²) in [6.45, 7) is 4.80. The van der Waals surface area contributed by atoms with E-state index in [-0.39, 0.29) is 12.5 Å². The molecule has 0 bridgehead atoms. The van der Waals surface area contributed by atoms with Crippen molar-refractivity contribution in [2.75, 3.05) is 37.6 Å². The maximum atomic E-state index is 13.0. The number of hydrogen-bond acceptors (Lipinski definition) is 6. The van der Waals surface area contributed by atoms with Crippen molar-refractivity contribution >= 4 is 63.2 Å². The monoisotopic (exact) mass is 653 g/mol. The molecule has 2 saturated heterocycles. The normalized spacial score (nSPS) is 16.8. The first-order chi connectivity index (χ1) is 18.9.